The summed E-state index contributed by atoms with van der Waals surface area (Å²) in [4.78, 5) is 7.25. The van der Waals surface area contributed by atoms with Crippen LogP contribution in [0.3, 0.4) is 0 Å². The van der Waals surface area contributed by atoms with Crippen LogP contribution in [0.25, 0.3) is 0 Å². The van der Waals surface area contributed by atoms with Crippen LogP contribution in [-0.2, 0) is 21.3 Å². The van der Waals surface area contributed by atoms with Crippen LogP contribution >= 0.6 is 0 Å². The second-order valence-electron chi connectivity index (χ2n) is 4.52. The molecule has 6 nitrogen and oxygen atoms in total. The average Bonchev–Trinajstić information content (AvgIpc) is 3.01. The Labute approximate surface area is 130 Å². The Hall–Kier alpha value is -1.83. The van der Waals surface area contributed by atoms with Gasteiger partial charge in [-0.05, 0) is 49.7 Å². The number of aryl methyl sites for hydroxylation is 1. The maximum atomic E-state index is 12.0. The highest BCUT2D eigenvalue weighted by Crippen LogP contribution is 2.15. The third-order valence-corrected chi connectivity index (χ3v) is 4.09. The highest BCUT2D eigenvalue weighted by atomic mass is 32.2. The maximum absolute atomic E-state index is 12.0. The second-order valence-corrected chi connectivity index (χ2v) is 6.17. The molecule has 120 valence electrons. The summed E-state index contributed by atoms with van der Waals surface area (Å²) in [5.41, 5.74) is 0. The van der Waals surface area contributed by atoms with E-state index in [1.807, 2.05) is 19.1 Å². The zero-order chi connectivity index (χ0) is 15.8. The standard InChI is InChI=1S/C15H19NO5S/c1-2-19-14-7-9-15(10-8-14)22(17,18)16-21-12-4-6-13-5-3-11-20-13/h3,5,7-11,16H,2,4,6,12H2,1H3. The highest BCUT2D eigenvalue weighted by molar-refractivity contribution is 7.89. The number of rotatable bonds is 9. The van der Waals surface area contributed by atoms with Crippen LogP contribution in [0.1, 0.15) is 19.1 Å². The van der Waals surface area contributed by atoms with Crippen LogP contribution in [0, 0.1) is 0 Å². The number of ether oxygens (including phenoxy) is 1. The smallest absolute Gasteiger partial charge is 0.262 e. The van der Waals surface area contributed by atoms with E-state index in [0.29, 0.717) is 25.2 Å². The third-order valence-electron chi connectivity index (χ3n) is 2.86. The van der Waals surface area contributed by atoms with Crippen LogP contribution in [0.2, 0.25) is 0 Å². The van der Waals surface area contributed by atoms with E-state index in [0.717, 1.165) is 5.76 Å². The largest absolute Gasteiger partial charge is 0.494 e. The van der Waals surface area contributed by atoms with Crippen molar-refractivity contribution in [3.63, 3.8) is 0 Å². The quantitative estimate of drug-likeness (QED) is 0.566. The van der Waals surface area contributed by atoms with Gasteiger partial charge < -0.3 is 9.15 Å². The van der Waals surface area contributed by atoms with Crippen LogP contribution in [0.15, 0.2) is 52.0 Å². The highest BCUT2D eigenvalue weighted by Gasteiger charge is 2.14. The maximum Gasteiger partial charge on any atom is 0.262 e. The molecule has 22 heavy (non-hydrogen) atoms. The van der Waals surface area contributed by atoms with E-state index in [1.54, 1.807) is 18.4 Å². The molecule has 0 radical (unpaired) electrons. The Bertz CT molecular complexity index is 650. The summed E-state index contributed by atoms with van der Waals surface area (Å²) < 4.78 is 34.4. The summed E-state index contributed by atoms with van der Waals surface area (Å²) in [5, 5.41) is 0. The molecule has 0 aliphatic carbocycles. The minimum Gasteiger partial charge on any atom is -0.494 e. The van der Waals surface area contributed by atoms with E-state index < -0.39 is 10.0 Å². The second kappa shape index (κ2) is 7.98. The van der Waals surface area contributed by atoms with Gasteiger partial charge in [0.1, 0.15) is 11.5 Å². The monoisotopic (exact) mass is 325 g/mol. The SMILES string of the molecule is CCOc1ccc(S(=O)(=O)NOCCCc2ccco2)cc1. The van der Waals surface area contributed by atoms with Crippen molar-refractivity contribution in [1.82, 2.24) is 4.89 Å². The van der Waals surface area contributed by atoms with Gasteiger partial charge in [0.05, 0.1) is 24.4 Å². The van der Waals surface area contributed by atoms with Crippen molar-refractivity contribution < 1.29 is 22.4 Å². The Morgan fingerprint density at radius 2 is 1.95 bits per heavy atom. The summed E-state index contributed by atoms with van der Waals surface area (Å²) >= 11 is 0. The van der Waals surface area contributed by atoms with Gasteiger partial charge in [-0.2, -0.15) is 0 Å². The fourth-order valence-electron chi connectivity index (χ4n) is 1.82. The average molecular weight is 325 g/mol. The molecule has 0 spiro atoms. The molecule has 0 unspecified atom stereocenters. The lowest BCUT2D eigenvalue weighted by molar-refractivity contribution is 0.0905. The molecule has 0 atom stereocenters. The van der Waals surface area contributed by atoms with Gasteiger partial charge in [-0.3, -0.25) is 4.84 Å². The number of furan rings is 1. The molecule has 0 amide bonds. The van der Waals surface area contributed by atoms with Gasteiger partial charge in [-0.25, -0.2) is 8.42 Å². The number of sulfonamides is 1. The lowest BCUT2D eigenvalue weighted by Gasteiger charge is -2.08. The molecule has 0 saturated carbocycles. The molecule has 7 heteroatoms. The Kier molecular flexibility index (Phi) is 6.00. The molecule has 1 aromatic carbocycles. The minimum absolute atomic E-state index is 0.127. The van der Waals surface area contributed by atoms with E-state index in [1.165, 1.54) is 12.1 Å². The lowest BCUT2D eigenvalue weighted by atomic mass is 10.3. The first-order valence-corrected chi connectivity index (χ1v) is 8.49. The predicted molar refractivity (Wildman–Crippen MR) is 80.9 cm³/mol. The molecule has 0 aliphatic heterocycles. The third kappa shape index (κ3) is 4.87. The van der Waals surface area contributed by atoms with Crippen molar-refractivity contribution in [2.75, 3.05) is 13.2 Å². The summed E-state index contributed by atoms with van der Waals surface area (Å²) in [5.74, 6) is 1.47. The topological polar surface area (TPSA) is 77.8 Å². The predicted octanol–water partition coefficient (Wildman–Crippen LogP) is 2.52. The van der Waals surface area contributed by atoms with Crippen LogP contribution in [0.5, 0.6) is 5.75 Å². The van der Waals surface area contributed by atoms with E-state index in [2.05, 4.69) is 4.89 Å². The molecule has 2 rings (SSSR count). The number of benzene rings is 1. The fraction of sp³-hybridized carbons (Fsp3) is 0.333. The van der Waals surface area contributed by atoms with Crippen molar-refractivity contribution in [2.24, 2.45) is 0 Å². The van der Waals surface area contributed by atoms with Gasteiger partial charge in [0, 0.05) is 6.42 Å². The molecule has 0 saturated heterocycles. The summed E-state index contributed by atoms with van der Waals surface area (Å²) in [6, 6.07) is 9.83. The van der Waals surface area contributed by atoms with Crippen molar-refractivity contribution in [3.8, 4) is 5.75 Å². The molecular weight excluding hydrogens is 306 g/mol. The van der Waals surface area contributed by atoms with Gasteiger partial charge in [-0.15, -0.1) is 0 Å². The first kappa shape index (κ1) is 16.5. The fourth-order valence-corrected chi connectivity index (χ4v) is 2.65. The molecule has 0 aliphatic rings. The first-order chi connectivity index (χ1) is 10.6. The van der Waals surface area contributed by atoms with Gasteiger partial charge in [-0.1, -0.05) is 4.89 Å². The molecule has 2 aromatic rings. The normalized spacial score (nSPS) is 11.5. The Balaban J connectivity index is 1.77. The van der Waals surface area contributed by atoms with Gasteiger partial charge in [0.2, 0.25) is 0 Å². The Morgan fingerprint density at radius 3 is 2.59 bits per heavy atom. The van der Waals surface area contributed by atoms with Crippen molar-refractivity contribution >= 4 is 10.0 Å². The molecule has 0 bridgehead atoms. The van der Waals surface area contributed by atoms with Gasteiger partial charge in [0.25, 0.3) is 10.0 Å². The number of hydrogen-bond donors (Lipinski definition) is 1. The van der Waals surface area contributed by atoms with E-state index in [4.69, 9.17) is 14.0 Å². The Morgan fingerprint density at radius 1 is 1.18 bits per heavy atom. The van der Waals surface area contributed by atoms with Gasteiger partial charge in [0.15, 0.2) is 0 Å². The molecule has 1 heterocycles. The molecule has 0 fully saturated rings. The number of nitrogens with one attached hydrogen (secondary N) is 1. The van der Waals surface area contributed by atoms with Crippen molar-refractivity contribution in [2.45, 2.75) is 24.7 Å². The molecular formula is C15H19NO5S. The van der Waals surface area contributed by atoms with E-state index >= 15 is 0 Å². The lowest BCUT2D eigenvalue weighted by Crippen LogP contribution is -2.24. The van der Waals surface area contributed by atoms with Gasteiger partial charge >= 0.3 is 0 Å². The van der Waals surface area contributed by atoms with Crippen molar-refractivity contribution in [3.05, 3.63) is 48.4 Å². The first-order valence-electron chi connectivity index (χ1n) is 7.00. The van der Waals surface area contributed by atoms with Crippen LogP contribution in [-0.4, -0.2) is 21.6 Å². The summed E-state index contributed by atoms with van der Waals surface area (Å²) in [7, 11) is -3.68. The minimum atomic E-state index is -3.68. The molecule has 1 N–H and O–H groups in total. The zero-order valence-electron chi connectivity index (χ0n) is 12.3. The van der Waals surface area contributed by atoms with E-state index in [9.17, 15) is 8.42 Å². The molecule has 1 aromatic heterocycles. The zero-order valence-corrected chi connectivity index (χ0v) is 13.1. The van der Waals surface area contributed by atoms with Crippen LogP contribution < -0.4 is 9.62 Å². The van der Waals surface area contributed by atoms with Crippen molar-refractivity contribution in [1.29, 1.82) is 0 Å². The van der Waals surface area contributed by atoms with E-state index in [-0.39, 0.29) is 11.5 Å². The number of hydrogen-bond acceptors (Lipinski definition) is 5. The van der Waals surface area contributed by atoms with Crippen LogP contribution in [0.4, 0.5) is 0 Å². The summed E-state index contributed by atoms with van der Waals surface area (Å²) in [6.45, 7) is 2.66. The summed E-state index contributed by atoms with van der Waals surface area (Å²) in [6.07, 6.45) is 2.95.